The molecule has 1 fully saturated rings. The van der Waals surface area contributed by atoms with Crippen molar-refractivity contribution in [2.75, 3.05) is 6.61 Å². The van der Waals surface area contributed by atoms with Gasteiger partial charge < -0.3 is 9.84 Å². The SMILES string of the molecule is CC1(C)NC(c2ccc(CC(=O)O)cc2)CO1. The molecule has 1 aliphatic heterocycles. The van der Waals surface area contributed by atoms with Crippen molar-refractivity contribution in [3.05, 3.63) is 35.4 Å². The minimum Gasteiger partial charge on any atom is -0.481 e. The van der Waals surface area contributed by atoms with Crippen LogP contribution in [-0.2, 0) is 16.0 Å². The van der Waals surface area contributed by atoms with Gasteiger partial charge in [0.25, 0.3) is 0 Å². The van der Waals surface area contributed by atoms with Crippen LogP contribution in [0, 0.1) is 0 Å². The van der Waals surface area contributed by atoms with Crippen molar-refractivity contribution >= 4 is 5.97 Å². The number of hydrogen-bond acceptors (Lipinski definition) is 3. The molecule has 1 saturated heterocycles. The van der Waals surface area contributed by atoms with Gasteiger partial charge in [-0.15, -0.1) is 0 Å². The largest absolute Gasteiger partial charge is 0.481 e. The van der Waals surface area contributed by atoms with E-state index in [1.807, 2.05) is 38.1 Å². The van der Waals surface area contributed by atoms with E-state index in [2.05, 4.69) is 5.32 Å². The van der Waals surface area contributed by atoms with Crippen molar-refractivity contribution in [3.8, 4) is 0 Å². The van der Waals surface area contributed by atoms with Crippen LogP contribution >= 0.6 is 0 Å². The predicted octanol–water partition coefficient (Wildman–Crippen LogP) is 1.71. The van der Waals surface area contributed by atoms with Gasteiger partial charge >= 0.3 is 5.97 Å². The molecule has 0 bridgehead atoms. The van der Waals surface area contributed by atoms with E-state index in [0.717, 1.165) is 11.1 Å². The second-order valence-corrected chi connectivity index (χ2v) is 4.83. The highest BCUT2D eigenvalue weighted by atomic mass is 16.5. The summed E-state index contributed by atoms with van der Waals surface area (Å²) in [6.07, 6.45) is 0.0698. The van der Waals surface area contributed by atoms with Crippen LogP contribution < -0.4 is 5.32 Å². The van der Waals surface area contributed by atoms with Gasteiger partial charge in [-0.05, 0) is 25.0 Å². The molecular weight excluding hydrogens is 218 g/mol. The van der Waals surface area contributed by atoms with Crippen molar-refractivity contribution in [2.24, 2.45) is 0 Å². The highest BCUT2D eigenvalue weighted by molar-refractivity contribution is 5.70. The lowest BCUT2D eigenvalue weighted by molar-refractivity contribution is -0.136. The highest BCUT2D eigenvalue weighted by Crippen LogP contribution is 2.25. The number of carbonyl (C=O) groups is 1. The third-order valence-electron chi connectivity index (χ3n) is 2.87. The molecule has 0 spiro atoms. The summed E-state index contributed by atoms with van der Waals surface area (Å²) in [5.74, 6) is -0.804. The molecule has 4 nitrogen and oxygen atoms in total. The van der Waals surface area contributed by atoms with Crippen LogP contribution in [0.3, 0.4) is 0 Å². The number of nitrogens with one attached hydrogen (secondary N) is 1. The molecule has 92 valence electrons. The van der Waals surface area contributed by atoms with Gasteiger partial charge in [0.1, 0.15) is 5.72 Å². The van der Waals surface area contributed by atoms with Crippen LogP contribution in [-0.4, -0.2) is 23.4 Å². The van der Waals surface area contributed by atoms with Crippen LogP contribution in [0.15, 0.2) is 24.3 Å². The summed E-state index contributed by atoms with van der Waals surface area (Å²) in [6.45, 7) is 4.63. The summed E-state index contributed by atoms with van der Waals surface area (Å²) in [7, 11) is 0. The molecule has 2 rings (SSSR count). The average Bonchev–Trinajstić information content (AvgIpc) is 2.59. The van der Waals surface area contributed by atoms with E-state index in [9.17, 15) is 4.79 Å². The molecule has 2 N–H and O–H groups in total. The molecule has 1 atom stereocenters. The Bertz CT molecular complexity index is 411. The minimum atomic E-state index is -0.804. The summed E-state index contributed by atoms with van der Waals surface area (Å²) in [4.78, 5) is 10.6. The summed E-state index contributed by atoms with van der Waals surface area (Å²) in [6, 6.07) is 7.82. The Labute approximate surface area is 101 Å². The fourth-order valence-electron chi connectivity index (χ4n) is 2.02. The third-order valence-corrected chi connectivity index (χ3v) is 2.87. The molecular formula is C13H17NO3. The van der Waals surface area contributed by atoms with Crippen LogP contribution in [0.2, 0.25) is 0 Å². The van der Waals surface area contributed by atoms with Gasteiger partial charge in [0, 0.05) is 0 Å². The quantitative estimate of drug-likeness (QED) is 0.837. The molecule has 0 saturated carbocycles. The van der Waals surface area contributed by atoms with Gasteiger partial charge in [-0.25, -0.2) is 0 Å². The van der Waals surface area contributed by atoms with Crippen LogP contribution in [0.5, 0.6) is 0 Å². The van der Waals surface area contributed by atoms with Gasteiger partial charge in [0.15, 0.2) is 0 Å². The zero-order chi connectivity index (χ0) is 12.5. The predicted molar refractivity (Wildman–Crippen MR) is 63.7 cm³/mol. The Hall–Kier alpha value is -1.39. The molecule has 4 heteroatoms. The summed E-state index contributed by atoms with van der Waals surface area (Å²) >= 11 is 0. The molecule has 0 aromatic heterocycles. The Morgan fingerprint density at radius 2 is 2.12 bits per heavy atom. The smallest absolute Gasteiger partial charge is 0.307 e. The van der Waals surface area contributed by atoms with Crippen molar-refractivity contribution in [3.63, 3.8) is 0 Å². The number of hydrogen-bond donors (Lipinski definition) is 2. The van der Waals surface area contributed by atoms with E-state index in [-0.39, 0.29) is 18.2 Å². The number of ether oxygens (including phenoxy) is 1. The molecule has 0 radical (unpaired) electrons. The summed E-state index contributed by atoms with van der Waals surface area (Å²) in [5.41, 5.74) is 1.66. The zero-order valence-electron chi connectivity index (χ0n) is 10.1. The van der Waals surface area contributed by atoms with Gasteiger partial charge in [-0.2, -0.15) is 0 Å². The normalized spacial score (nSPS) is 22.6. The third kappa shape index (κ3) is 3.05. The summed E-state index contributed by atoms with van der Waals surface area (Å²) < 4.78 is 5.60. The molecule has 0 aliphatic carbocycles. The zero-order valence-corrected chi connectivity index (χ0v) is 10.1. The molecule has 1 aromatic carbocycles. The number of carboxylic acids is 1. The molecule has 1 aromatic rings. The fraction of sp³-hybridized carbons (Fsp3) is 0.462. The second-order valence-electron chi connectivity index (χ2n) is 4.83. The minimum absolute atomic E-state index is 0.0698. The number of benzene rings is 1. The fourth-order valence-corrected chi connectivity index (χ4v) is 2.02. The van der Waals surface area contributed by atoms with E-state index in [0.29, 0.717) is 6.61 Å². The van der Waals surface area contributed by atoms with Crippen LogP contribution in [0.4, 0.5) is 0 Å². The number of rotatable bonds is 3. The molecule has 1 aliphatic rings. The van der Waals surface area contributed by atoms with E-state index in [4.69, 9.17) is 9.84 Å². The van der Waals surface area contributed by atoms with Crippen molar-refractivity contribution in [1.29, 1.82) is 0 Å². The molecule has 0 amide bonds. The first-order valence-electron chi connectivity index (χ1n) is 5.68. The monoisotopic (exact) mass is 235 g/mol. The number of aliphatic carboxylic acids is 1. The average molecular weight is 235 g/mol. The number of carboxylic acid groups (broad SMARTS) is 1. The van der Waals surface area contributed by atoms with E-state index in [1.165, 1.54) is 0 Å². The van der Waals surface area contributed by atoms with Gasteiger partial charge in [-0.3, -0.25) is 10.1 Å². The Morgan fingerprint density at radius 3 is 2.59 bits per heavy atom. The Kier molecular flexibility index (Phi) is 3.17. The first-order valence-corrected chi connectivity index (χ1v) is 5.68. The van der Waals surface area contributed by atoms with Gasteiger partial charge in [0.2, 0.25) is 0 Å². The van der Waals surface area contributed by atoms with Crippen molar-refractivity contribution < 1.29 is 14.6 Å². The maximum atomic E-state index is 10.6. The van der Waals surface area contributed by atoms with E-state index >= 15 is 0 Å². The first kappa shape index (κ1) is 12.1. The van der Waals surface area contributed by atoms with Crippen LogP contribution in [0.25, 0.3) is 0 Å². The lowest BCUT2D eigenvalue weighted by Crippen LogP contribution is -2.34. The maximum Gasteiger partial charge on any atom is 0.307 e. The lowest BCUT2D eigenvalue weighted by Gasteiger charge is -2.18. The standard InChI is InChI=1S/C13H17NO3/c1-13(2)14-11(8-17-13)10-5-3-9(4-6-10)7-12(15)16/h3-6,11,14H,7-8H2,1-2H3,(H,15,16). The molecule has 17 heavy (non-hydrogen) atoms. The molecule has 1 heterocycles. The van der Waals surface area contributed by atoms with Crippen LogP contribution in [0.1, 0.15) is 31.0 Å². The maximum absolute atomic E-state index is 10.6. The van der Waals surface area contributed by atoms with E-state index in [1.54, 1.807) is 0 Å². The van der Waals surface area contributed by atoms with Gasteiger partial charge in [-0.1, -0.05) is 24.3 Å². The lowest BCUT2D eigenvalue weighted by atomic mass is 10.0. The van der Waals surface area contributed by atoms with Crippen molar-refractivity contribution in [2.45, 2.75) is 32.0 Å². The Balaban J connectivity index is 2.06. The summed E-state index contributed by atoms with van der Waals surface area (Å²) in [5, 5.41) is 12.1. The van der Waals surface area contributed by atoms with Crippen molar-refractivity contribution in [1.82, 2.24) is 5.32 Å². The topological polar surface area (TPSA) is 58.6 Å². The molecule has 1 unspecified atom stereocenters. The van der Waals surface area contributed by atoms with E-state index < -0.39 is 5.97 Å². The second kappa shape index (κ2) is 4.47. The first-order chi connectivity index (χ1) is 7.96. The Morgan fingerprint density at radius 1 is 1.47 bits per heavy atom. The highest BCUT2D eigenvalue weighted by Gasteiger charge is 2.31. The van der Waals surface area contributed by atoms with Gasteiger partial charge in [0.05, 0.1) is 19.1 Å².